The Kier molecular flexibility index (Phi) is 14.6. The molecular weight excluding hydrogens is 933 g/mol. The van der Waals surface area contributed by atoms with Crippen molar-refractivity contribution in [2.24, 2.45) is 11.8 Å². The normalized spacial score (nSPS) is 22.3. The number of nitrogens with one attached hydrogen (secondary N) is 1. The Morgan fingerprint density at radius 1 is 0.808 bits per heavy atom. The summed E-state index contributed by atoms with van der Waals surface area (Å²) in [4.78, 5) is 82.0. The first kappa shape index (κ1) is 50.2. The Labute approximate surface area is 423 Å². The summed E-state index contributed by atoms with van der Waals surface area (Å²) in [5.74, 6) is 2.57. The third-order valence-electron chi connectivity index (χ3n) is 14.4. The summed E-state index contributed by atoms with van der Waals surface area (Å²) >= 11 is 0. The fourth-order valence-electron chi connectivity index (χ4n) is 11.2. The molecule has 4 aliphatic heterocycles. The van der Waals surface area contributed by atoms with Crippen molar-refractivity contribution in [3.8, 4) is 29.1 Å². The minimum Gasteiger partial charge on any atom is -0.493 e. The Morgan fingerprint density at radius 2 is 1.48 bits per heavy atom. The van der Waals surface area contributed by atoms with Crippen LogP contribution < -0.4 is 24.4 Å². The number of urea groups is 1. The largest absolute Gasteiger partial charge is 0.493 e. The van der Waals surface area contributed by atoms with Crippen LogP contribution in [-0.2, 0) is 47.0 Å². The number of cyclic esters (lactones) is 1. The van der Waals surface area contributed by atoms with Crippen molar-refractivity contribution in [3.63, 3.8) is 0 Å². The summed E-state index contributed by atoms with van der Waals surface area (Å²) in [6.07, 6.45) is -0.423. The smallest absolute Gasteiger partial charge is 0.329 e. The molecule has 0 aromatic heterocycles. The lowest BCUT2D eigenvalue weighted by Crippen LogP contribution is -2.58. The molecule has 73 heavy (non-hydrogen) atoms. The maximum absolute atomic E-state index is 16.8. The first-order valence-corrected chi connectivity index (χ1v) is 24.3. The van der Waals surface area contributed by atoms with Gasteiger partial charge in [0.15, 0.2) is 11.5 Å². The van der Waals surface area contributed by atoms with Crippen LogP contribution in [-0.4, -0.2) is 110 Å². The first-order valence-electron chi connectivity index (χ1n) is 24.3. The zero-order valence-electron chi connectivity index (χ0n) is 41.3. The van der Waals surface area contributed by atoms with Gasteiger partial charge < -0.3 is 44.1 Å². The molecule has 4 heterocycles. The molecule has 378 valence electrons. The van der Waals surface area contributed by atoms with Crippen LogP contribution in [0, 0.1) is 23.7 Å². The van der Waals surface area contributed by atoms with Crippen molar-refractivity contribution in [2.45, 2.75) is 68.9 Å². The number of fused-ring (bicyclic) bond motifs is 4. The van der Waals surface area contributed by atoms with Crippen LogP contribution in [0.1, 0.15) is 77.4 Å². The molecule has 16 heteroatoms. The summed E-state index contributed by atoms with van der Waals surface area (Å²) in [7, 11) is 4.29. The summed E-state index contributed by atoms with van der Waals surface area (Å²) in [6, 6.07) is 28.7. The zero-order chi connectivity index (χ0) is 51.6. The standard InChI is InChI=1S/C57H58N4O12/c1-34(2)47(53(65)71-5)58-56(68)60-43-24-19-35(14-12-13-27-62)30-42(43)57(55(60)67)46(52(64)59-26-25-39-31-44(69-3)45(70-4)32-40(39)33-59)49-54(66)73-50(37-17-10-7-11-18-37)48(36-15-8-6-9-16-36)61(49)51(57)38-20-22-41(23-21-38)72-29-28-63/h6-11,15-24,30-32,34,46-51,62-63H,13,25-29,33H2,1-5H3,(H,58,68)/t46-,47+,48-,49-,50+,51+,57-/m1/s1. The number of rotatable bonds is 13. The number of hydrogen-bond donors (Lipinski definition) is 3. The quantitative estimate of drug-likeness (QED) is 0.0925. The van der Waals surface area contributed by atoms with Crippen LogP contribution in [0.15, 0.2) is 115 Å². The van der Waals surface area contributed by atoms with Crippen LogP contribution >= 0.6 is 0 Å². The van der Waals surface area contributed by atoms with Gasteiger partial charge in [0.2, 0.25) is 11.8 Å². The molecule has 2 fully saturated rings. The van der Waals surface area contributed by atoms with E-state index in [1.165, 1.54) is 14.2 Å². The van der Waals surface area contributed by atoms with E-state index in [-0.39, 0.29) is 50.6 Å². The van der Waals surface area contributed by atoms with Crippen molar-refractivity contribution in [3.05, 3.63) is 154 Å². The van der Waals surface area contributed by atoms with E-state index < -0.39 is 77.3 Å². The number of hydrogen-bond acceptors (Lipinski definition) is 13. The highest BCUT2D eigenvalue weighted by Crippen LogP contribution is 2.66. The van der Waals surface area contributed by atoms with Crippen LogP contribution in [0.25, 0.3) is 0 Å². The minimum absolute atomic E-state index is 0.00869. The molecule has 0 aliphatic carbocycles. The second kappa shape index (κ2) is 21.2. The van der Waals surface area contributed by atoms with Crippen LogP contribution in [0.5, 0.6) is 17.2 Å². The number of morpholine rings is 1. The predicted molar refractivity (Wildman–Crippen MR) is 267 cm³/mol. The number of benzene rings is 5. The van der Waals surface area contributed by atoms with Gasteiger partial charge in [-0.05, 0) is 88.2 Å². The van der Waals surface area contributed by atoms with Gasteiger partial charge in [-0.3, -0.25) is 19.3 Å². The highest BCUT2D eigenvalue weighted by Gasteiger charge is 2.76. The highest BCUT2D eigenvalue weighted by molar-refractivity contribution is 6.25. The molecule has 0 bridgehead atoms. The van der Waals surface area contributed by atoms with E-state index >= 15 is 19.2 Å². The van der Waals surface area contributed by atoms with Gasteiger partial charge in [-0.15, -0.1) is 0 Å². The van der Waals surface area contributed by atoms with Crippen LogP contribution in [0.2, 0.25) is 0 Å². The van der Waals surface area contributed by atoms with Gasteiger partial charge in [0.1, 0.15) is 36.0 Å². The van der Waals surface area contributed by atoms with Gasteiger partial charge >= 0.3 is 18.0 Å². The molecule has 1 spiro atoms. The van der Waals surface area contributed by atoms with E-state index in [1.807, 2.05) is 77.7 Å². The van der Waals surface area contributed by atoms with Gasteiger partial charge in [-0.2, -0.15) is 0 Å². The average molecular weight is 991 g/mol. The molecule has 2 saturated heterocycles. The number of esters is 2. The maximum atomic E-state index is 16.8. The van der Waals surface area contributed by atoms with Crippen LogP contribution in [0.4, 0.5) is 10.5 Å². The SMILES string of the molecule is COC(=O)[C@@H](NC(=O)N1C(=O)[C@@]2(c3cc(C#CCCO)ccc31)[C@H](c1ccc(OCCO)cc1)N1[C@H](c3ccccc3)[C@H](c3ccccc3)OC(=O)[C@H]1[C@@H]2C(=O)N1CCc2cc(OC)c(OC)cc2C1)C(C)C. The molecule has 9 rings (SSSR count). The van der Waals surface area contributed by atoms with Gasteiger partial charge in [0.05, 0.1) is 58.2 Å². The Morgan fingerprint density at radius 3 is 2.11 bits per heavy atom. The van der Waals surface area contributed by atoms with E-state index in [4.69, 9.17) is 23.7 Å². The molecule has 5 aromatic carbocycles. The maximum Gasteiger partial charge on any atom is 0.329 e. The molecule has 4 aliphatic rings. The summed E-state index contributed by atoms with van der Waals surface area (Å²) < 4.78 is 28.9. The predicted octanol–water partition coefficient (Wildman–Crippen LogP) is 5.97. The topological polar surface area (TPSA) is 194 Å². The molecule has 0 radical (unpaired) electrons. The van der Waals surface area contributed by atoms with Gasteiger partial charge in [-0.25, -0.2) is 14.5 Å². The summed E-state index contributed by atoms with van der Waals surface area (Å²) in [5, 5.41) is 22.2. The summed E-state index contributed by atoms with van der Waals surface area (Å²) in [6.45, 7) is 3.29. The lowest BCUT2D eigenvalue weighted by Gasteiger charge is -2.46. The van der Waals surface area contributed by atoms with Crippen molar-refractivity contribution in [1.29, 1.82) is 0 Å². The monoisotopic (exact) mass is 990 g/mol. The molecule has 7 atom stereocenters. The number of aliphatic hydroxyl groups is 2. The third-order valence-corrected chi connectivity index (χ3v) is 14.4. The van der Waals surface area contributed by atoms with Gasteiger partial charge in [0, 0.05) is 25.1 Å². The van der Waals surface area contributed by atoms with Crippen molar-refractivity contribution < 1.29 is 57.9 Å². The first-order chi connectivity index (χ1) is 35.4. The fraction of sp³-hybridized carbons (Fsp3) is 0.351. The number of anilines is 1. The second-order valence-electron chi connectivity index (χ2n) is 18.7. The van der Waals surface area contributed by atoms with E-state index in [0.29, 0.717) is 40.4 Å². The molecular formula is C57H58N4O12. The van der Waals surface area contributed by atoms with Crippen molar-refractivity contribution in [2.75, 3.05) is 52.6 Å². The van der Waals surface area contributed by atoms with Crippen molar-refractivity contribution in [1.82, 2.24) is 15.1 Å². The summed E-state index contributed by atoms with van der Waals surface area (Å²) in [5.41, 5.74) is 2.22. The fourth-order valence-corrected chi connectivity index (χ4v) is 11.2. The molecule has 4 amide bonds. The number of imide groups is 1. The van der Waals surface area contributed by atoms with Crippen LogP contribution in [0.3, 0.4) is 0 Å². The Balaban J connectivity index is 1.35. The lowest BCUT2D eigenvalue weighted by atomic mass is 9.64. The highest BCUT2D eigenvalue weighted by atomic mass is 16.6. The number of methoxy groups -OCH3 is 3. The number of nitrogens with zero attached hydrogens (tertiary/aromatic N) is 3. The van der Waals surface area contributed by atoms with E-state index in [9.17, 15) is 15.0 Å². The number of ether oxygens (including phenoxy) is 5. The zero-order valence-corrected chi connectivity index (χ0v) is 41.3. The molecule has 0 saturated carbocycles. The molecule has 16 nitrogen and oxygen atoms in total. The van der Waals surface area contributed by atoms with Gasteiger partial charge in [-0.1, -0.05) is 98.5 Å². The minimum atomic E-state index is -2.12. The van der Waals surface area contributed by atoms with E-state index in [1.54, 1.807) is 68.3 Å². The Bertz CT molecular complexity index is 2960. The Hall–Kier alpha value is -7.71. The lowest BCUT2D eigenvalue weighted by molar-refractivity contribution is -0.179. The van der Waals surface area contributed by atoms with Crippen molar-refractivity contribution >= 4 is 35.5 Å². The second-order valence-corrected chi connectivity index (χ2v) is 18.7. The average Bonchev–Trinajstić information content (AvgIpc) is 3.87. The molecule has 5 aromatic rings. The number of aliphatic hydroxyl groups excluding tert-OH is 2. The molecule has 0 unspecified atom stereocenters. The third kappa shape index (κ3) is 8.91. The van der Waals surface area contributed by atoms with E-state index in [0.717, 1.165) is 21.6 Å². The molecule has 3 N–H and O–H groups in total. The number of amides is 4. The van der Waals surface area contributed by atoms with E-state index in [2.05, 4.69) is 17.2 Å². The number of carbonyl (C=O) groups excluding carboxylic acids is 5. The van der Waals surface area contributed by atoms with Gasteiger partial charge in [0.25, 0.3) is 0 Å². The number of carbonyl (C=O) groups is 5.